The summed E-state index contributed by atoms with van der Waals surface area (Å²) in [5.41, 5.74) is 8.98. The molecule has 0 saturated carbocycles. The third-order valence-corrected chi connectivity index (χ3v) is 3.37. The molecule has 1 heterocycles. The van der Waals surface area contributed by atoms with Crippen molar-refractivity contribution in [1.29, 1.82) is 0 Å². The summed E-state index contributed by atoms with van der Waals surface area (Å²) in [6.45, 7) is 1.76. The maximum absolute atomic E-state index is 12.2. The van der Waals surface area contributed by atoms with Crippen molar-refractivity contribution in [2.75, 3.05) is 13.7 Å². The molecule has 1 aliphatic carbocycles. The molecule has 17 heavy (non-hydrogen) atoms. The summed E-state index contributed by atoms with van der Waals surface area (Å²) in [6, 6.07) is 2.00. The zero-order valence-electron chi connectivity index (χ0n) is 10.4. The average molecular weight is 236 g/mol. The van der Waals surface area contributed by atoms with E-state index in [1.165, 1.54) is 11.3 Å². The largest absolute Gasteiger partial charge is 0.385 e. The first kappa shape index (κ1) is 12.3. The van der Waals surface area contributed by atoms with Crippen LogP contribution in [0.3, 0.4) is 0 Å². The van der Waals surface area contributed by atoms with E-state index in [-0.39, 0.29) is 5.56 Å². The Balaban J connectivity index is 2.34. The highest BCUT2D eigenvalue weighted by Crippen LogP contribution is 2.21. The van der Waals surface area contributed by atoms with Crippen LogP contribution in [-0.4, -0.2) is 18.3 Å². The van der Waals surface area contributed by atoms with Gasteiger partial charge in [0.2, 0.25) is 0 Å². The second-order valence-electron chi connectivity index (χ2n) is 4.50. The fraction of sp³-hybridized carbons (Fsp3) is 0.615. The first-order chi connectivity index (χ1) is 8.27. The third kappa shape index (κ3) is 2.42. The van der Waals surface area contributed by atoms with E-state index in [1.807, 2.05) is 10.6 Å². The van der Waals surface area contributed by atoms with E-state index in [0.717, 1.165) is 37.8 Å². The molecule has 0 aromatic carbocycles. The Bertz CT molecular complexity index is 451. The summed E-state index contributed by atoms with van der Waals surface area (Å²) in [7, 11) is 1.68. The smallest absolute Gasteiger partial charge is 0.255 e. The van der Waals surface area contributed by atoms with Crippen LogP contribution in [0.25, 0.3) is 0 Å². The highest BCUT2D eigenvalue weighted by Gasteiger charge is 2.18. The van der Waals surface area contributed by atoms with Crippen LogP contribution in [0, 0.1) is 0 Å². The Morgan fingerprint density at radius 2 is 2.29 bits per heavy atom. The van der Waals surface area contributed by atoms with Gasteiger partial charge in [0.25, 0.3) is 5.56 Å². The molecule has 0 aliphatic heterocycles. The Morgan fingerprint density at radius 1 is 1.47 bits per heavy atom. The van der Waals surface area contributed by atoms with Crippen LogP contribution in [0.4, 0.5) is 0 Å². The van der Waals surface area contributed by atoms with Crippen LogP contribution in [-0.2, 0) is 30.7 Å². The number of aromatic nitrogens is 1. The van der Waals surface area contributed by atoms with Crippen molar-refractivity contribution in [2.45, 2.75) is 38.8 Å². The maximum atomic E-state index is 12.2. The first-order valence-electron chi connectivity index (χ1n) is 6.21. The van der Waals surface area contributed by atoms with Crippen molar-refractivity contribution >= 4 is 0 Å². The number of pyridine rings is 1. The molecule has 94 valence electrons. The van der Waals surface area contributed by atoms with Gasteiger partial charge >= 0.3 is 0 Å². The Hall–Kier alpha value is -1.13. The molecule has 0 saturated heterocycles. The number of rotatable bonds is 5. The van der Waals surface area contributed by atoms with Gasteiger partial charge < -0.3 is 15.0 Å². The van der Waals surface area contributed by atoms with Crippen LogP contribution >= 0.6 is 0 Å². The Kier molecular flexibility index (Phi) is 3.97. The molecular weight excluding hydrogens is 216 g/mol. The SMILES string of the molecule is COCCCn1c2c(cc(CN)c1=O)CCC2. The Labute approximate surface area is 101 Å². The molecule has 4 heteroatoms. The fourth-order valence-electron chi connectivity index (χ4n) is 2.53. The first-order valence-corrected chi connectivity index (χ1v) is 6.21. The van der Waals surface area contributed by atoms with Crippen molar-refractivity contribution in [1.82, 2.24) is 4.57 Å². The minimum Gasteiger partial charge on any atom is -0.385 e. The molecule has 2 rings (SSSR count). The number of ether oxygens (including phenoxy) is 1. The molecule has 0 bridgehead atoms. The van der Waals surface area contributed by atoms with Crippen LogP contribution in [0.5, 0.6) is 0 Å². The van der Waals surface area contributed by atoms with E-state index in [9.17, 15) is 4.79 Å². The van der Waals surface area contributed by atoms with E-state index < -0.39 is 0 Å². The quantitative estimate of drug-likeness (QED) is 0.770. The van der Waals surface area contributed by atoms with E-state index >= 15 is 0 Å². The number of nitrogens with two attached hydrogens (primary N) is 1. The van der Waals surface area contributed by atoms with Crippen LogP contribution in [0.1, 0.15) is 29.7 Å². The average Bonchev–Trinajstić information content (AvgIpc) is 2.79. The van der Waals surface area contributed by atoms with E-state index in [2.05, 4.69) is 0 Å². The molecule has 0 radical (unpaired) electrons. The van der Waals surface area contributed by atoms with Gasteiger partial charge in [0.15, 0.2) is 0 Å². The molecule has 0 fully saturated rings. The monoisotopic (exact) mass is 236 g/mol. The molecule has 1 aromatic heterocycles. The molecule has 2 N–H and O–H groups in total. The van der Waals surface area contributed by atoms with Crippen LogP contribution < -0.4 is 11.3 Å². The normalized spacial score (nSPS) is 14.0. The lowest BCUT2D eigenvalue weighted by Crippen LogP contribution is -2.28. The second kappa shape index (κ2) is 5.47. The third-order valence-electron chi connectivity index (χ3n) is 3.37. The lowest BCUT2D eigenvalue weighted by molar-refractivity contribution is 0.189. The number of hydrogen-bond acceptors (Lipinski definition) is 3. The molecule has 0 atom stereocenters. The lowest BCUT2D eigenvalue weighted by atomic mass is 10.1. The van der Waals surface area contributed by atoms with Gasteiger partial charge in [-0.3, -0.25) is 4.79 Å². The number of aryl methyl sites for hydroxylation is 1. The summed E-state index contributed by atoms with van der Waals surface area (Å²) in [6.07, 6.45) is 4.11. The number of nitrogens with zero attached hydrogens (tertiary/aromatic N) is 1. The van der Waals surface area contributed by atoms with Crippen molar-refractivity contribution in [3.8, 4) is 0 Å². The van der Waals surface area contributed by atoms with E-state index in [1.54, 1.807) is 7.11 Å². The standard InChI is InChI=1S/C13H20N2O2/c1-17-7-3-6-15-12-5-2-4-10(12)8-11(9-14)13(15)16/h8H,2-7,9,14H2,1H3. The predicted octanol–water partition coefficient (Wildman–Crippen LogP) is 0.832. The minimum absolute atomic E-state index is 0.0873. The highest BCUT2D eigenvalue weighted by atomic mass is 16.5. The zero-order chi connectivity index (χ0) is 12.3. The summed E-state index contributed by atoms with van der Waals surface area (Å²) in [5, 5.41) is 0. The van der Waals surface area contributed by atoms with Gasteiger partial charge in [-0.25, -0.2) is 0 Å². The lowest BCUT2D eigenvalue weighted by Gasteiger charge is -2.13. The number of hydrogen-bond donors (Lipinski definition) is 1. The van der Waals surface area contributed by atoms with Gasteiger partial charge in [0.1, 0.15) is 0 Å². The topological polar surface area (TPSA) is 57.2 Å². The molecule has 0 amide bonds. The van der Waals surface area contributed by atoms with Gasteiger partial charge in [-0.15, -0.1) is 0 Å². The molecular formula is C13H20N2O2. The van der Waals surface area contributed by atoms with Crippen molar-refractivity contribution in [3.05, 3.63) is 33.2 Å². The number of fused-ring (bicyclic) bond motifs is 1. The Morgan fingerprint density at radius 3 is 3.00 bits per heavy atom. The second-order valence-corrected chi connectivity index (χ2v) is 4.50. The van der Waals surface area contributed by atoms with Gasteiger partial charge in [0.05, 0.1) is 0 Å². The van der Waals surface area contributed by atoms with Gasteiger partial charge in [0, 0.05) is 38.1 Å². The van der Waals surface area contributed by atoms with Gasteiger partial charge in [-0.1, -0.05) is 0 Å². The van der Waals surface area contributed by atoms with Crippen molar-refractivity contribution in [3.63, 3.8) is 0 Å². The van der Waals surface area contributed by atoms with Crippen molar-refractivity contribution in [2.24, 2.45) is 5.73 Å². The van der Waals surface area contributed by atoms with Gasteiger partial charge in [-0.2, -0.15) is 0 Å². The van der Waals surface area contributed by atoms with Gasteiger partial charge in [-0.05, 0) is 37.3 Å². The van der Waals surface area contributed by atoms with E-state index in [0.29, 0.717) is 13.2 Å². The molecule has 4 nitrogen and oxygen atoms in total. The molecule has 1 aliphatic rings. The van der Waals surface area contributed by atoms with Crippen LogP contribution in [0.15, 0.2) is 10.9 Å². The van der Waals surface area contributed by atoms with E-state index in [4.69, 9.17) is 10.5 Å². The molecule has 0 unspecified atom stereocenters. The maximum Gasteiger partial charge on any atom is 0.255 e. The summed E-state index contributed by atoms with van der Waals surface area (Å²) < 4.78 is 6.95. The summed E-state index contributed by atoms with van der Waals surface area (Å²) in [4.78, 5) is 12.2. The highest BCUT2D eigenvalue weighted by molar-refractivity contribution is 5.30. The fourth-order valence-corrected chi connectivity index (χ4v) is 2.53. The summed E-state index contributed by atoms with van der Waals surface area (Å²) >= 11 is 0. The van der Waals surface area contributed by atoms with Crippen molar-refractivity contribution < 1.29 is 4.74 Å². The molecule has 1 aromatic rings. The predicted molar refractivity (Wildman–Crippen MR) is 67.1 cm³/mol. The summed E-state index contributed by atoms with van der Waals surface area (Å²) in [5.74, 6) is 0. The minimum atomic E-state index is 0.0873. The number of methoxy groups -OCH3 is 1. The zero-order valence-corrected chi connectivity index (χ0v) is 10.4. The molecule has 0 spiro atoms. The van der Waals surface area contributed by atoms with Crippen LogP contribution in [0.2, 0.25) is 0 Å².